The maximum Gasteiger partial charge on any atom is 0.405 e. The number of carbonyl (C=O) groups excluding carboxylic acids is 4. The Morgan fingerprint density at radius 3 is 2.14 bits per heavy atom. The minimum atomic E-state index is -5.83. The van der Waals surface area contributed by atoms with Crippen molar-refractivity contribution >= 4 is 34.0 Å². The molecule has 0 radical (unpaired) electrons. The van der Waals surface area contributed by atoms with Crippen molar-refractivity contribution in [1.29, 1.82) is 0 Å². The summed E-state index contributed by atoms with van der Waals surface area (Å²) < 4.78 is 80.3. The number of alkyl halides is 2. The van der Waals surface area contributed by atoms with E-state index in [0.717, 1.165) is 25.7 Å². The molecular formula is C30H40F2O11S. The lowest BCUT2D eigenvalue weighted by molar-refractivity contribution is -0.248. The van der Waals surface area contributed by atoms with Crippen LogP contribution >= 0.6 is 0 Å². The van der Waals surface area contributed by atoms with Gasteiger partial charge in [-0.1, -0.05) is 20.8 Å². The van der Waals surface area contributed by atoms with Crippen molar-refractivity contribution in [3.63, 3.8) is 0 Å². The van der Waals surface area contributed by atoms with E-state index in [9.17, 15) is 36.4 Å². The summed E-state index contributed by atoms with van der Waals surface area (Å²) in [4.78, 5) is 52.7. The third-order valence-corrected chi connectivity index (χ3v) is 13.0. The first-order valence-electron chi connectivity index (χ1n) is 15.6. The fraction of sp³-hybridized carbons (Fsp3) is 0.867. The Balaban J connectivity index is 1.15. The molecule has 2 aliphatic heterocycles. The molecule has 0 aromatic rings. The number of fused-ring (bicyclic) bond motifs is 1. The van der Waals surface area contributed by atoms with Gasteiger partial charge in [-0.05, 0) is 81.0 Å². The molecule has 1 N–H and O–H groups in total. The predicted molar refractivity (Wildman–Crippen MR) is 145 cm³/mol. The van der Waals surface area contributed by atoms with E-state index in [-0.39, 0.29) is 36.0 Å². The van der Waals surface area contributed by atoms with E-state index >= 15 is 0 Å². The molecule has 14 heteroatoms. The van der Waals surface area contributed by atoms with E-state index in [1.807, 2.05) is 6.92 Å². The average molecular weight is 647 g/mol. The van der Waals surface area contributed by atoms with Crippen LogP contribution in [0.3, 0.4) is 0 Å². The first-order valence-corrected chi connectivity index (χ1v) is 17.1. The van der Waals surface area contributed by atoms with Gasteiger partial charge in [0.15, 0.2) is 11.5 Å². The van der Waals surface area contributed by atoms with Crippen LogP contribution in [-0.4, -0.2) is 66.0 Å². The molecule has 44 heavy (non-hydrogen) atoms. The van der Waals surface area contributed by atoms with Crippen LogP contribution in [0.4, 0.5) is 8.78 Å². The summed E-state index contributed by atoms with van der Waals surface area (Å²) >= 11 is 0. The number of carbonyl (C=O) groups is 4. The molecule has 0 spiro atoms. The maximum absolute atomic E-state index is 14.3. The van der Waals surface area contributed by atoms with Crippen molar-refractivity contribution in [2.45, 2.75) is 108 Å². The molecule has 6 aliphatic carbocycles. The number of ether oxygens (including phenoxy) is 4. The lowest BCUT2D eigenvalue weighted by Gasteiger charge is -2.62. The SMILES string of the molecule is CC(C)C1(OC(=O)C23CC4C(OC2=O)C(OC(=O)CCC(=O)OC(C)C(F)(F)S(=O)(=O)O)C3[C@H]4C)C2CC3CC(C2)CC1C3. The van der Waals surface area contributed by atoms with Crippen molar-refractivity contribution in [3.05, 3.63) is 0 Å². The Kier molecular flexibility index (Phi) is 7.43. The minimum absolute atomic E-state index is 0.0507. The van der Waals surface area contributed by atoms with Crippen molar-refractivity contribution < 1.29 is 59.9 Å². The molecular weight excluding hydrogens is 606 g/mol. The molecule has 0 amide bonds. The van der Waals surface area contributed by atoms with Gasteiger partial charge in [-0.2, -0.15) is 17.2 Å². The Bertz CT molecular complexity index is 1330. The molecule has 2 heterocycles. The van der Waals surface area contributed by atoms with Gasteiger partial charge >= 0.3 is 39.2 Å². The molecule has 8 fully saturated rings. The molecule has 7 atom stereocenters. The van der Waals surface area contributed by atoms with Crippen LogP contribution in [0, 0.1) is 52.8 Å². The largest absolute Gasteiger partial charge is 0.458 e. The number of rotatable bonds is 10. The minimum Gasteiger partial charge on any atom is -0.458 e. The summed E-state index contributed by atoms with van der Waals surface area (Å²) in [5.41, 5.74) is -2.28. The molecule has 2 saturated heterocycles. The lowest BCUT2D eigenvalue weighted by atomic mass is 9.47. The molecule has 6 unspecified atom stereocenters. The monoisotopic (exact) mass is 646 g/mol. The van der Waals surface area contributed by atoms with E-state index in [1.54, 1.807) is 0 Å². The first-order chi connectivity index (χ1) is 20.4. The smallest absolute Gasteiger partial charge is 0.405 e. The predicted octanol–water partition coefficient (Wildman–Crippen LogP) is 3.68. The fourth-order valence-electron chi connectivity index (χ4n) is 10.2. The van der Waals surface area contributed by atoms with Gasteiger partial charge in [0.05, 0.1) is 12.8 Å². The highest BCUT2D eigenvalue weighted by Gasteiger charge is 2.78. The lowest BCUT2D eigenvalue weighted by Crippen LogP contribution is -2.66. The molecule has 8 bridgehead atoms. The third-order valence-electron chi connectivity index (χ3n) is 12.0. The van der Waals surface area contributed by atoms with Gasteiger partial charge in [-0.15, -0.1) is 0 Å². The number of hydrogen-bond donors (Lipinski definition) is 1. The van der Waals surface area contributed by atoms with Crippen molar-refractivity contribution in [2.24, 2.45) is 52.8 Å². The number of halogens is 2. The van der Waals surface area contributed by atoms with Gasteiger partial charge in [0.2, 0.25) is 0 Å². The molecule has 8 aliphatic rings. The second-order valence-corrected chi connectivity index (χ2v) is 15.9. The summed E-state index contributed by atoms with van der Waals surface area (Å²) in [5, 5.41) is -4.74. The van der Waals surface area contributed by atoms with E-state index in [1.165, 1.54) is 6.42 Å². The van der Waals surface area contributed by atoms with Crippen LogP contribution in [0.2, 0.25) is 0 Å². The fourth-order valence-corrected chi connectivity index (χ4v) is 10.7. The summed E-state index contributed by atoms with van der Waals surface area (Å²) in [5.74, 6) is -2.78. The average Bonchev–Trinajstić information content (AvgIpc) is 3.33. The summed E-state index contributed by atoms with van der Waals surface area (Å²) in [6.07, 6.45) is -0.000484. The van der Waals surface area contributed by atoms with Gasteiger partial charge in [0, 0.05) is 11.8 Å². The van der Waals surface area contributed by atoms with E-state index < -0.39 is 87.3 Å². The van der Waals surface area contributed by atoms with E-state index in [2.05, 4.69) is 18.6 Å². The van der Waals surface area contributed by atoms with Crippen LogP contribution in [0.25, 0.3) is 0 Å². The molecule has 246 valence electrons. The Hall–Kier alpha value is -2.35. The Morgan fingerprint density at radius 2 is 1.59 bits per heavy atom. The van der Waals surface area contributed by atoms with Crippen LogP contribution in [0.15, 0.2) is 0 Å². The zero-order valence-corrected chi connectivity index (χ0v) is 26.0. The zero-order chi connectivity index (χ0) is 32.1. The van der Waals surface area contributed by atoms with Gasteiger partial charge < -0.3 is 18.9 Å². The summed E-state index contributed by atoms with van der Waals surface area (Å²) in [6, 6.07) is 0. The third kappa shape index (κ3) is 4.43. The number of hydrogen-bond acceptors (Lipinski definition) is 10. The van der Waals surface area contributed by atoms with Gasteiger partial charge in [0.1, 0.15) is 17.8 Å². The van der Waals surface area contributed by atoms with E-state index in [4.69, 9.17) is 18.8 Å². The molecule has 6 saturated carbocycles. The van der Waals surface area contributed by atoms with Crippen molar-refractivity contribution in [1.82, 2.24) is 0 Å². The highest BCUT2D eigenvalue weighted by molar-refractivity contribution is 7.86. The van der Waals surface area contributed by atoms with Crippen molar-refractivity contribution in [3.8, 4) is 0 Å². The second kappa shape index (κ2) is 10.3. The number of esters is 4. The van der Waals surface area contributed by atoms with Gasteiger partial charge in [-0.25, -0.2) is 0 Å². The second-order valence-electron chi connectivity index (χ2n) is 14.4. The molecule has 0 aromatic carbocycles. The first kappa shape index (κ1) is 31.6. The van der Waals surface area contributed by atoms with Gasteiger partial charge in [0.25, 0.3) is 0 Å². The van der Waals surface area contributed by atoms with Crippen LogP contribution in [-0.2, 0) is 48.2 Å². The zero-order valence-electron chi connectivity index (χ0n) is 25.2. The van der Waals surface area contributed by atoms with Gasteiger partial charge in [-0.3, -0.25) is 23.7 Å². The molecule has 11 nitrogen and oxygen atoms in total. The van der Waals surface area contributed by atoms with E-state index in [0.29, 0.717) is 18.8 Å². The van der Waals surface area contributed by atoms with Crippen LogP contribution in [0.5, 0.6) is 0 Å². The maximum atomic E-state index is 14.3. The Labute approximate surface area is 254 Å². The summed E-state index contributed by atoms with van der Waals surface area (Å²) in [7, 11) is -5.83. The molecule has 8 rings (SSSR count). The molecule has 0 aromatic heterocycles. The standard InChI is InChI=1S/C30H40F2O11S/c1-13(2)29(18-8-16-7-17(10-18)11-19(29)9-16)43-27(36)28-12-20-14(3)23(28)25(24(20)42-26(28)35)41-22(34)6-5-21(33)40-15(4)30(31,32)44(37,38)39/h13-20,23-25H,5-12H2,1-4H3,(H,37,38,39)/t14-,15?,16?,17?,18?,19?,20?,23?,24?,25?,28?,29?/m0/s1. The van der Waals surface area contributed by atoms with Crippen LogP contribution in [0.1, 0.15) is 79.1 Å². The Morgan fingerprint density at radius 1 is 1.02 bits per heavy atom. The van der Waals surface area contributed by atoms with Crippen molar-refractivity contribution in [2.75, 3.05) is 0 Å². The quantitative estimate of drug-likeness (QED) is 0.160. The summed E-state index contributed by atoms with van der Waals surface area (Å²) in [6.45, 7) is 6.64. The van der Waals surface area contributed by atoms with Crippen LogP contribution < -0.4 is 0 Å². The highest BCUT2D eigenvalue weighted by atomic mass is 32.2. The highest BCUT2D eigenvalue weighted by Crippen LogP contribution is 2.67. The normalized spacial score (nSPS) is 42.4. The topological polar surface area (TPSA) is 160 Å².